The zero-order valence-electron chi connectivity index (χ0n) is 24.5. The van der Waals surface area contributed by atoms with E-state index in [0.29, 0.717) is 0 Å². The molecule has 0 radical (unpaired) electrons. The number of hydrogen-bond acceptors (Lipinski definition) is 0. The summed E-state index contributed by atoms with van der Waals surface area (Å²) < 4.78 is 1.15. The first-order valence-electron chi connectivity index (χ1n) is 15.4. The summed E-state index contributed by atoms with van der Waals surface area (Å²) in [5.74, 6) is 0. The number of hydrogen-bond donors (Lipinski definition) is 0. The molecule has 0 spiro atoms. The van der Waals surface area contributed by atoms with E-state index in [0.717, 1.165) is 4.47 Å². The molecule has 0 N–H and O–H groups in total. The molecule has 0 saturated carbocycles. The van der Waals surface area contributed by atoms with Gasteiger partial charge in [-0.2, -0.15) is 0 Å². The summed E-state index contributed by atoms with van der Waals surface area (Å²) in [5.41, 5.74) is 7.58. The van der Waals surface area contributed by atoms with Gasteiger partial charge in [-0.15, -0.1) is 0 Å². The van der Waals surface area contributed by atoms with E-state index in [1.54, 1.807) is 0 Å². The SMILES string of the molecule is Brc1c2ccccc2c(-c2ccc3cc(-c4c5ccccc5c(-c5ccccc5)c5ccccc45)ccc3c2)c2ccccc12. The Balaban J connectivity index is 1.27. The fraction of sp³-hybridized carbons (Fsp3) is 0. The van der Waals surface area contributed by atoms with E-state index in [1.807, 2.05) is 0 Å². The Bertz CT molecular complexity index is 2480. The first kappa shape index (κ1) is 26.2. The normalized spacial score (nSPS) is 11.7. The van der Waals surface area contributed by atoms with Crippen LogP contribution in [0.5, 0.6) is 0 Å². The van der Waals surface area contributed by atoms with Crippen molar-refractivity contribution in [2.24, 2.45) is 0 Å². The van der Waals surface area contributed by atoms with Crippen molar-refractivity contribution in [1.82, 2.24) is 0 Å². The quantitative estimate of drug-likeness (QED) is 0.170. The van der Waals surface area contributed by atoms with Crippen LogP contribution in [0.1, 0.15) is 0 Å². The maximum Gasteiger partial charge on any atom is 0.0332 e. The van der Waals surface area contributed by atoms with Gasteiger partial charge in [0, 0.05) is 4.47 Å². The minimum Gasteiger partial charge on any atom is -0.0622 e. The highest BCUT2D eigenvalue weighted by atomic mass is 79.9. The maximum absolute atomic E-state index is 3.91. The lowest BCUT2D eigenvalue weighted by molar-refractivity contribution is 1.66. The maximum atomic E-state index is 3.91. The highest BCUT2D eigenvalue weighted by Gasteiger charge is 2.17. The van der Waals surface area contributed by atoms with Crippen LogP contribution in [0.25, 0.3) is 87.2 Å². The molecule has 0 bridgehead atoms. The molecule has 0 aliphatic rings. The van der Waals surface area contributed by atoms with Gasteiger partial charge in [0.25, 0.3) is 0 Å². The van der Waals surface area contributed by atoms with Gasteiger partial charge in [0.1, 0.15) is 0 Å². The average Bonchev–Trinajstić information content (AvgIpc) is 3.11. The first-order chi connectivity index (χ1) is 22.3. The molecule has 1 heteroatoms. The second kappa shape index (κ2) is 10.4. The van der Waals surface area contributed by atoms with Crippen LogP contribution >= 0.6 is 15.9 Å². The molecule has 45 heavy (non-hydrogen) atoms. The monoisotopic (exact) mass is 634 g/mol. The number of halogens is 1. The van der Waals surface area contributed by atoms with Crippen LogP contribution in [-0.4, -0.2) is 0 Å². The molecule has 0 unspecified atom stereocenters. The van der Waals surface area contributed by atoms with Crippen molar-refractivity contribution < 1.29 is 0 Å². The molecule has 0 aliphatic heterocycles. The minimum atomic E-state index is 1.15. The lowest BCUT2D eigenvalue weighted by Crippen LogP contribution is -1.91. The highest BCUT2D eigenvalue weighted by Crippen LogP contribution is 2.45. The van der Waals surface area contributed by atoms with E-state index >= 15 is 0 Å². The van der Waals surface area contributed by atoms with Gasteiger partial charge in [-0.1, -0.05) is 152 Å². The molecule has 0 fully saturated rings. The second-order valence-corrected chi connectivity index (χ2v) is 12.6. The lowest BCUT2D eigenvalue weighted by atomic mass is 9.85. The van der Waals surface area contributed by atoms with Gasteiger partial charge in [-0.05, 0) is 115 Å². The van der Waals surface area contributed by atoms with Crippen molar-refractivity contribution >= 4 is 69.8 Å². The van der Waals surface area contributed by atoms with Gasteiger partial charge in [-0.3, -0.25) is 0 Å². The van der Waals surface area contributed by atoms with Crippen LogP contribution < -0.4 is 0 Å². The van der Waals surface area contributed by atoms with Gasteiger partial charge < -0.3 is 0 Å². The molecule has 0 aliphatic carbocycles. The summed E-state index contributed by atoms with van der Waals surface area (Å²) in [6.07, 6.45) is 0. The van der Waals surface area contributed by atoms with Crippen LogP contribution in [0, 0.1) is 0 Å². The van der Waals surface area contributed by atoms with E-state index in [1.165, 1.54) is 87.2 Å². The fourth-order valence-electron chi connectivity index (χ4n) is 7.30. The van der Waals surface area contributed by atoms with E-state index in [2.05, 4.69) is 180 Å². The van der Waals surface area contributed by atoms with Crippen molar-refractivity contribution in [3.63, 3.8) is 0 Å². The van der Waals surface area contributed by atoms with E-state index in [4.69, 9.17) is 0 Å². The molecule has 0 aromatic heterocycles. The Labute approximate surface area is 270 Å². The van der Waals surface area contributed by atoms with Crippen LogP contribution in [0.4, 0.5) is 0 Å². The topological polar surface area (TPSA) is 0 Å². The lowest BCUT2D eigenvalue weighted by Gasteiger charge is -2.18. The van der Waals surface area contributed by atoms with Crippen LogP contribution in [0.3, 0.4) is 0 Å². The van der Waals surface area contributed by atoms with Crippen molar-refractivity contribution in [1.29, 1.82) is 0 Å². The molecular weight excluding hydrogens is 608 g/mol. The number of fused-ring (bicyclic) bond motifs is 5. The Kier molecular flexibility index (Phi) is 6.07. The van der Waals surface area contributed by atoms with E-state index in [-0.39, 0.29) is 0 Å². The number of rotatable bonds is 3. The Morgan fingerprint density at radius 3 is 0.978 bits per heavy atom. The zero-order valence-corrected chi connectivity index (χ0v) is 26.1. The van der Waals surface area contributed by atoms with Crippen molar-refractivity contribution in [3.8, 4) is 33.4 Å². The highest BCUT2D eigenvalue weighted by molar-refractivity contribution is 9.10. The second-order valence-electron chi connectivity index (χ2n) is 11.8. The number of benzene rings is 9. The van der Waals surface area contributed by atoms with Gasteiger partial charge in [0.15, 0.2) is 0 Å². The Morgan fingerprint density at radius 1 is 0.267 bits per heavy atom. The Morgan fingerprint density at radius 2 is 0.578 bits per heavy atom. The van der Waals surface area contributed by atoms with Gasteiger partial charge in [0.05, 0.1) is 0 Å². The molecule has 0 heterocycles. The third-order valence-corrected chi connectivity index (χ3v) is 10.1. The molecule has 9 rings (SSSR count). The predicted molar refractivity (Wildman–Crippen MR) is 198 cm³/mol. The molecule has 0 saturated heterocycles. The van der Waals surface area contributed by atoms with E-state index in [9.17, 15) is 0 Å². The molecule has 0 amide bonds. The molecule has 0 nitrogen and oxygen atoms in total. The van der Waals surface area contributed by atoms with Gasteiger partial charge in [-0.25, -0.2) is 0 Å². The van der Waals surface area contributed by atoms with Crippen LogP contribution in [0.15, 0.2) is 168 Å². The van der Waals surface area contributed by atoms with Crippen molar-refractivity contribution in [2.45, 2.75) is 0 Å². The summed E-state index contributed by atoms with van der Waals surface area (Å²) in [5, 5.41) is 12.6. The molecule has 0 atom stereocenters. The fourth-order valence-corrected chi connectivity index (χ4v) is 7.99. The smallest absolute Gasteiger partial charge is 0.0332 e. The molecular formula is C44H27Br. The van der Waals surface area contributed by atoms with Gasteiger partial charge >= 0.3 is 0 Å². The summed E-state index contributed by atoms with van der Waals surface area (Å²) in [7, 11) is 0. The third-order valence-electron chi connectivity index (χ3n) is 9.28. The summed E-state index contributed by atoms with van der Waals surface area (Å²) in [6.45, 7) is 0. The van der Waals surface area contributed by atoms with Crippen LogP contribution in [-0.2, 0) is 0 Å². The van der Waals surface area contributed by atoms with Crippen LogP contribution in [0.2, 0.25) is 0 Å². The first-order valence-corrected chi connectivity index (χ1v) is 16.2. The Hall–Kier alpha value is -5.24. The third kappa shape index (κ3) is 4.12. The summed E-state index contributed by atoms with van der Waals surface area (Å²) in [4.78, 5) is 0. The zero-order chi connectivity index (χ0) is 29.9. The largest absolute Gasteiger partial charge is 0.0622 e. The standard InChI is InChI=1S/C44H27Br/c45-44-39-20-10-8-18-37(39)43(38-19-9-11-21-40(38)44)32-25-23-29-26-31(24-22-30(29)27-32)42-35-16-6-4-14-33(35)41(28-12-2-1-3-13-28)34-15-5-7-17-36(34)42/h1-27H. The summed E-state index contributed by atoms with van der Waals surface area (Å²) in [6, 6.07) is 59.9. The molecule has 210 valence electrons. The molecule has 9 aromatic rings. The molecule has 9 aromatic carbocycles. The minimum absolute atomic E-state index is 1.15. The van der Waals surface area contributed by atoms with Gasteiger partial charge in [0.2, 0.25) is 0 Å². The van der Waals surface area contributed by atoms with Crippen molar-refractivity contribution in [3.05, 3.63) is 168 Å². The summed E-state index contributed by atoms with van der Waals surface area (Å²) >= 11 is 3.91. The predicted octanol–water partition coefficient (Wildman–Crippen LogP) is 13.2. The van der Waals surface area contributed by atoms with E-state index < -0.39 is 0 Å². The van der Waals surface area contributed by atoms with Crippen molar-refractivity contribution in [2.75, 3.05) is 0 Å². The average molecular weight is 636 g/mol.